The number of anilines is 3. The van der Waals surface area contributed by atoms with Crippen LogP contribution in [-0.4, -0.2) is 4.57 Å². The van der Waals surface area contributed by atoms with Gasteiger partial charge in [0.25, 0.3) is 0 Å². The van der Waals surface area contributed by atoms with Gasteiger partial charge in [-0.2, -0.15) is 0 Å². The van der Waals surface area contributed by atoms with Crippen molar-refractivity contribution in [2.24, 2.45) is 0 Å². The van der Waals surface area contributed by atoms with Crippen LogP contribution in [0.25, 0.3) is 93.5 Å². The molecule has 0 atom stereocenters. The summed E-state index contributed by atoms with van der Waals surface area (Å²) in [6.07, 6.45) is 0. The van der Waals surface area contributed by atoms with E-state index in [0.29, 0.717) is 0 Å². The number of para-hydroxylation sites is 3. The first-order valence-corrected chi connectivity index (χ1v) is 22.0. The van der Waals surface area contributed by atoms with Crippen molar-refractivity contribution in [1.82, 2.24) is 4.57 Å². The normalized spacial score (nSPS) is 11.4. The predicted molar refractivity (Wildman–Crippen MR) is 272 cm³/mol. The van der Waals surface area contributed by atoms with Gasteiger partial charge in [0.2, 0.25) is 0 Å². The Morgan fingerprint density at radius 3 is 1.61 bits per heavy atom. The lowest BCUT2D eigenvalue weighted by atomic mass is 9.90. The van der Waals surface area contributed by atoms with Crippen molar-refractivity contribution >= 4 is 60.4 Å². The van der Waals surface area contributed by atoms with E-state index in [9.17, 15) is 0 Å². The highest BCUT2D eigenvalue weighted by Crippen LogP contribution is 2.46. The number of hydrogen-bond acceptors (Lipinski definition) is 1. The zero-order valence-corrected chi connectivity index (χ0v) is 35.1. The molecule has 0 N–H and O–H groups in total. The fourth-order valence-electron chi connectivity index (χ4n) is 9.86. The molecule has 0 bridgehead atoms. The van der Waals surface area contributed by atoms with E-state index in [1.807, 2.05) is 0 Å². The van der Waals surface area contributed by atoms with Crippen LogP contribution in [0.5, 0.6) is 0 Å². The molecule has 0 radical (unpaired) electrons. The molecule has 0 saturated heterocycles. The van der Waals surface area contributed by atoms with Crippen molar-refractivity contribution in [1.29, 1.82) is 0 Å². The molecule has 0 saturated carbocycles. The number of nitrogens with zero attached hydrogens (tertiary/aromatic N) is 2. The molecule has 1 heterocycles. The van der Waals surface area contributed by atoms with Crippen molar-refractivity contribution in [3.8, 4) is 50.2 Å². The first-order chi connectivity index (χ1) is 31.8. The lowest BCUT2D eigenvalue weighted by Crippen LogP contribution is -2.11. The highest BCUT2D eigenvalue weighted by atomic mass is 15.1. The van der Waals surface area contributed by atoms with Crippen LogP contribution < -0.4 is 4.90 Å². The van der Waals surface area contributed by atoms with Gasteiger partial charge in [-0.3, -0.25) is 0 Å². The standard InChI is InChI=1S/C62H42N2/c1-3-18-44(19-4-1)51-26-11-14-31-59(51)63(49-39-41-55(58(42-49)45-20-5-2-6-21-45)54-30-17-24-43-22-7-9-25-50(43)54)48-37-34-47(35-38-48)52-27-12-15-32-60(52)64-61-33-16-13-29-56(61)57-40-36-46-23-8-10-28-53(46)62(57)64/h1-42H. The van der Waals surface area contributed by atoms with Crippen LogP contribution in [0.15, 0.2) is 255 Å². The van der Waals surface area contributed by atoms with Crippen LogP contribution in [0.1, 0.15) is 0 Å². The first-order valence-electron chi connectivity index (χ1n) is 22.0. The summed E-state index contributed by atoms with van der Waals surface area (Å²) in [7, 11) is 0. The van der Waals surface area contributed by atoms with Crippen molar-refractivity contribution < 1.29 is 0 Å². The third kappa shape index (κ3) is 6.35. The molecule has 0 aliphatic heterocycles. The molecular formula is C62H42N2. The first kappa shape index (κ1) is 37.3. The van der Waals surface area contributed by atoms with Crippen LogP contribution in [0.3, 0.4) is 0 Å². The SMILES string of the molecule is c1ccc(-c2cc(N(c3ccc(-c4ccccc4-n4c5ccccc5c5ccc6ccccc6c54)cc3)c3ccccc3-c3ccccc3)ccc2-c2cccc3ccccc23)cc1. The van der Waals surface area contributed by atoms with Crippen molar-refractivity contribution in [2.45, 2.75) is 0 Å². The molecule has 1 aromatic heterocycles. The molecule has 2 heteroatoms. The monoisotopic (exact) mass is 814 g/mol. The van der Waals surface area contributed by atoms with E-state index in [1.165, 1.54) is 76.7 Å². The summed E-state index contributed by atoms with van der Waals surface area (Å²) in [5, 5.41) is 7.46. The summed E-state index contributed by atoms with van der Waals surface area (Å²) in [6.45, 7) is 0. The molecule has 11 aromatic carbocycles. The van der Waals surface area contributed by atoms with E-state index < -0.39 is 0 Å². The summed E-state index contributed by atoms with van der Waals surface area (Å²) < 4.78 is 2.47. The molecule has 0 spiro atoms. The number of rotatable bonds is 8. The van der Waals surface area contributed by atoms with Crippen LogP contribution in [0.4, 0.5) is 17.1 Å². The van der Waals surface area contributed by atoms with Gasteiger partial charge in [-0.15, -0.1) is 0 Å². The lowest BCUT2D eigenvalue weighted by molar-refractivity contribution is 1.19. The maximum atomic E-state index is 2.47. The average molecular weight is 815 g/mol. The third-order valence-electron chi connectivity index (χ3n) is 12.8. The molecule has 12 rings (SSSR count). The van der Waals surface area contributed by atoms with Crippen LogP contribution in [0.2, 0.25) is 0 Å². The zero-order chi connectivity index (χ0) is 42.4. The lowest BCUT2D eigenvalue weighted by Gasteiger charge is -2.29. The summed E-state index contributed by atoms with van der Waals surface area (Å²) in [4.78, 5) is 2.43. The molecule has 12 aromatic rings. The topological polar surface area (TPSA) is 8.17 Å². The second-order valence-electron chi connectivity index (χ2n) is 16.4. The Morgan fingerprint density at radius 1 is 0.281 bits per heavy atom. The largest absolute Gasteiger partial charge is 0.310 e. The summed E-state index contributed by atoms with van der Waals surface area (Å²) in [5.41, 5.74) is 16.3. The van der Waals surface area contributed by atoms with Gasteiger partial charge in [-0.1, -0.05) is 212 Å². The third-order valence-corrected chi connectivity index (χ3v) is 12.8. The molecule has 0 aliphatic carbocycles. The minimum Gasteiger partial charge on any atom is -0.310 e. The van der Waals surface area contributed by atoms with E-state index in [1.54, 1.807) is 0 Å². The predicted octanol–water partition coefficient (Wildman–Crippen LogP) is 17.2. The van der Waals surface area contributed by atoms with Gasteiger partial charge in [-0.25, -0.2) is 0 Å². The van der Waals surface area contributed by atoms with Gasteiger partial charge in [0, 0.05) is 38.7 Å². The van der Waals surface area contributed by atoms with Crippen LogP contribution in [0, 0.1) is 0 Å². The highest BCUT2D eigenvalue weighted by molar-refractivity contribution is 6.19. The zero-order valence-electron chi connectivity index (χ0n) is 35.1. The average Bonchev–Trinajstić information content (AvgIpc) is 3.72. The van der Waals surface area contributed by atoms with Crippen molar-refractivity contribution in [2.75, 3.05) is 4.90 Å². The van der Waals surface area contributed by atoms with Gasteiger partial charge in [-0.05, 0) is 92.0 Å². The molecule has 2 nitrogen and oxygen atoms in total. The Kier molecular flexibility index (Phi) is 9.20. The minimum atomic E-state index is 1.07. The summed E-state index contributed by atoms with van der Waals surface area (Å²) >= 11 is 0. The fourth-order valence-corrected chi connectivity index (χ4v) is 9.86. The smallest absolute Gasteiger partial charge is 0.0619 e. The van der Waals surface area contributed by atoms with Gasteiger partial charge in [0.1, 0.15) is 0 Å². The van der Waals surface area contributed by atoms with Crippen molar-refractivity contribution in [3.63, 3.8) is 0 Å². The molecule has 64 heavy (non-hydrogen) atoms. The van der Waals surface area contributed by atoms with Gasteiger partial charge >= 0.3 is 0 Å². The van der Waals surface area contributed by atoms with Gasteiger partial charge in [0.15, 0.2) is 0 Å². The number of aromatic nitrogens is 1. The van der Waals surface area contributed by atoms with Crippen molar-refractivity contribution in [3.05, 3.63) is 255 Å². The highest BCUT2D eigenvalue weighted by Gasteiger charge is 2.22. The second-order valence-corrected chi connectivity index (χ2v) is 16.4. The van der Waals surface area contributed by atoms with Crippen LogP contribution >= 0.6 is 0 Å². The number of fused-ring (bicyclic) bond motifs is 6. The quantitative estimate of drug-likeness (QED) is 0.148. The molecule has 0 aliphatic rings. The minimum absolute atomic E-state index is 1.07. The Balaban J connectivity index is 1.05. The number of benzene rings is 11. The van der Waals surface area contributed by atoms with E-state index in [-0.39, 0.29) is 0 Å². The Bertz CT molecular complexity index is 3650. The molecule has 0 fully saturated rings. The van der Waals surface area contributed by atoms with E-state index in [0.717, 1.165) is 33.9 Å². The second kappa shape index (κ2) is 15.8. The van der Waals surface area contributed by atoms with Crippen LogP contribution in [-0.2, 0) is 0 Å². The Hall–Kier alpha value is -8.46. The summed E-state index contributed by atoms with van der Waals surface area (Å²) in [6, 6.07) is 92.7. The van der Waals surface area contributed by atoms with E-state index >= 15 is 0 Å². The van der Waals surface area contributed by atoms with E-state index in [4.69, 9.17) is 0 Å². The molecule has 0 unspecified atom stereocenters. The Morgan fingerprint density at radius 2 is 0.828 bits per heavy atom. The number of hydrogen-bond donors (Lipinski definition) is 0. The molecule has 0 amide bonds. The van der Waals surface area contributed by atoms with E-state index in [2.05, 4.69) is 264 Å². The molecular weight excluding hydrogens is 773 g/mol. The Labute approximate surface area is 373 Å². The maximum absolute atomic E-state index is 2.47. The van der Waals surface area contributed by atoms with Gasteiger partial charge in [0.05, 0.1) is 22.4 Å². The fraction of sp³-hybridized carbons (Fsp3) is 0. The molecule has 300 valence electrons. The maximum Gasteiger partial charge on any atom is 0.0619 e. The summed E-state index contributed by atoms with van der Waals surface area (Å²) in [5.74, 6) is 0. The van der Waals surface area contributed by atoms with Gasteiger partial charge < -0.3 is 9.47 Å².